The highest BCUT2D eigenvalue weighted by Gasteiger charge is 2.27. The molecule has 0 bridgehead atoms. The van der Waals surface area contributed by atoms with Crippen LogP contribution in [0.3, 0.4) is 0 Å². The minimum absolute atomic E-state index is 0.136. The summed E-state index contributed by atoms with van der Waals surface area (Å²) in [5.74, 6) is 3.03. The number of nitrogens with zero attached hydrogens (tertiary/aromatic N) is 4. The van der Waals surface area contributed by atoms with Crippen molar-refractivity contribution >= 4 is 28.5 Å². The Labute approximate surface area is 202 Å². The molecule has 5 rings (SSSR count). The summed E-state index contributed by atoms with van der Waals surface area (Å²) in [4.78, 5) is 26.9. The number of likely N-dealkylation sites (tertiary alicyclic amines) is 1. The van der Waals surface area contributed by atoms with Crippen molar-refractivity contribution in [3.05, 3.63) is 70.6 Å². The van der Waals surface area contributed by atoms with Crippen LogP contribution in [0.2, 0.25) is 5.02 Å². The van der Waals surface area contributed by atoms with Gasteiger partial charge in [-0.25, -0.2) is 4.98 Å². The highest BCUT2D eigenvalue weighted by molar-refractivity contribution is 6.31. The van der Waals surface area contributed by atoms with E-state index >= 15 is 0 Å². The Morgan fingerprint density at radius 2 is 1.97 bits per heavy atom. The molecule has 8 nitrogen and oxygen atoms in total. The van der Waals surface area contributed by atoms with Crippen LogP contribution in [0.25, 0.3) is 11.0 Å². The first-order valence-corrected chi connectivity index (χ1v) is 11.8. The van der Waals surface area contributed by atoms with E-state index in [4.69, 9.17) is 20.9 Å². The number of rotatable bonds is 7. The molecule has 0 radical (unpaired) electrons. The number of halogens is 1. The Balaban J connectivity index is 1.09. The molecule has 1 saturated heterocycles. The van der Waals surface area contributed by atoms with Crippen LogP contribution in [0.4, 0.5) is 0 Å². The van der Waals surface area contributed by atoms with Crippen molar-refractivity contribution in [2.45, 2.75) is 45.1 Å². The van der Waals surface area contributed by atoms with Crippen molar-refractivity contribution in [2.24, 2.45) is 0 Å². The molecule has 1 amide bonds. The van der Waals surface area contributed by atoms with Gasteiger partial charge in [0, 0.05) is 36.9 Å². The van der Waals surface area contributed by atoms with Gasteiger partial charge in [-0.3, -0.25) is 4.79 Å². The third kappa shape index (κ3) is 5.22. The average molecular weight is 480 g/mol. The summed E-state index contributed by atoms with van der Waals surface area (Å²) in [5, 5.41) is 4.81. The summed E-state index contributed by atoms with van der Waals surface area (Å²) in [6, 6.07) is 13.4. The molecule has 9 heteroatoms. The number of aromatic nitrogens is 4. The maximum absolute atomic E-state index is 12.7. The second kappa shape index (κ2) is 9.85. The van der Waals surface area contributed by atoms with Gasteiger partial charge in [0.05, 0.1) is 11.0 Å². The molecular weight excluding hydrogens is 454 g/mol. The fourth-order valence-corrected chi connectivity index (χ4v) is 4.37. The van der Waals surface area contributed by atoms with E-state index in [2.05, 4.69) is 20.1 Å². The van der Waals surface area contributed by atoms with Gasteiger partial charge < -0.3 is 19.1 Å². The predicted octanol–water partition coefficient (Wildman–Crippen LogP) is 4.83. The van der Waals surface area contributed by atoms with Crippen molar-refractivity contribution in [2.75, 3.05) is 13.1 Å². The first-order valence-electron chi connectivity index (χ1n) is 11.5. The number of benzene rings is 2. The van der Waals surface area contributed by atoms with Crippen LogP contribution < -0.4 is 4.74 Å². The van der Waals surface area contributed by atoms with Gasteiger partial charge in [-0.15, -0.1) is 0 Å². The Morgan fingerprint density at radius 1 is 1.18 bits per heavy atom. The first-order chi connectivity index (χ1) is 16.5. The topological polar surface area (TPSA) is 97.1 Å². The lowest BCUT2D eigenvalue weighted by Crippen LogP contribution is -2.38. The predicted molar refractivity (Wildman–Crippen MR) is 128 cm³/mol. The average Bonchev–Trinajstić information content (AvgIpc) is 3.49. The third-order valence-electron chi connectivity index (χ3n) is 6.15. The molecule has 0 spiro atoms. The molecule has 1 fully saturated rings. The largest absolute Gasteiger partial charge is 0.484 e. The van der Waals surface area contributed by atoms with Crippen LogP contribution in [0.15, 0.2) is 47.0 Å². The molecule has 0 atom stereocenters. The number of carbonyl (C=O) groups is 1. The van der Waals surface area contributed by atoms with E-state index < -0.39 is 0 Å². The van der Waals surface area contributed by atoms with Gasteiger partial charge >= 0.3 is 0 Å². The number of carbonyl (C=O) groups excluding carboxylic acids is 1. The summed E-state index contributed by atoms with van der Waals surface area (Å²) < 4.78 is 11.1. The van der Waals surface area contributed by atoms with E-state index in [1.54, 1.807) is 0 Å². The summed E-state index contributed by atoms with van der Waals surface area (Å²) in [6.45, 7) is 3.64. The summed E-state index contributed by atoms with van der Waals surface area (Å²) in [6.07, 6.45) is 2.61. The number of piperidine rings is 1. The van der Waals surface area contributed by atoms with Crippen LogP contribution in [-0.2, 0) is 17.8 Å². The Hall–Kier alpha value is -3.39. The summed E-state index contributed by atoms with van der Waals surface area (Å²) in [5.41, 5.74) is 2.92. The number of H-pyrrole nitrogens is 1. The molecule has 2 aromatic carbocycles. The van der Waals surface area contributed by atoms with Crippen molar-refractivity contribution in [1.82, 2.24) is 25.0 Å². The number of nitrogens with one attached hydrogen (secondary N) is 1. The Morgan fingerprint density at radius 3 is 2.76 bits per heavy atom. The van der Waals surface area contributed by atoms with Crippen LogP contribution in [0, 0.1) is 6.92 Å². The number of aryl methyl sites for hydroxylation is 2. The molecule has 34 heavy (non-hydrogen) atoms. The van der Waals surface area contributed by atoms with E-state index in [1.807, 2.05) is 54.3 Å². The summed E-state index contributed by atoms with van der Waals surface area (Å²) in [7, 11) is 0. The molecule has 0 saturated carbocycles. The Kier molecular flexibility index (Phi) is 6.49. The van der Waals surface area contributed by atoms with E-state index in [0.717, 1.165) is 35.4 Å². The number of fused-ring (bicyclic) bond motifs is 1. The van der Waals surface area contributed by atoms with Crippen LogP contribution in [0.1, 0.15) is 48.3 Å². The van der Waals surface area contributed by atoms with E-state index in [-0.39, 0.29) is 18.4 Å². The number of imidazole rings is 1. The second-order valence-electron chi connectivity index (χ2n) is 8.65. The normalized spacial score (nSPS) is 14.6. The molecule has 1 aliphatic rings. The van der Waals surface area contributed by atoms with Crippen LogP contribution in [-0.4, -0.2) is 44.0 Å². The SMILES string of the molecule is Cc1ccc(OCc2nc(C3CCN(C(=O)CCc4nc5ccc(Cl)cc5[nH]4)CC3)no2)cc1. The molecule has 4 aromatic rings. The maximum atomic E-state index is 12.7. The van der Waals surface area contributed by atoms with Crippen molar-refractivity contribution in [1.29, 1.82) is 0 Å². The zero-order valence-electron chi connectivity index (χ0n) is 19.0. The fraction of sp³-hybridized carbons (Fsp3) is 0.360. The third-order valence-corrected chi connectivity index (χ3v) is 6.38. The summed E-state index contributed by atoms with van der Waals surface area (Å²) >= 11 is 6.03. The van der Waals surface area contributed by atoms with Gasteiger partial charge in [-0.05, 0) is 50.1 Å². The highest BCUT2D eigenvalue weighted by atomic mass is 35.5. The quantitative estimate of drug-likeness (QED) is 0.408. The monoisotopic (exact) mass is 479 g/mol. The smallest absolute Gasteiger partial charge is 0.264 e. The standard InChI is InChI=1S/C25H26ClN5O3/c1-16-2-5-19(6-3-16)33-15-23-29-25(30-34-23)17-10-12-31(13-11-17)24(32)9-8-22-27-20-7-4-18(26)14-21(20)28-22/h2-7,14,17H,8-13,15H2,1H3,(H,27,28). The fourth-order valence-electron chi connectivity index (χ4n) is 4.20. The van der Waals surface area contributed by atoms with Crippen LogP contribution >= 0.6 is 11.6 Å². The van der Waals surface area contributed by atoms with Crippen LogP contribution in [0.5, 0.6) is 5.75 Å². The zero-order valence-corrected chi connectivity index (χ0v) is 19.7. The van der Waals surface area contributed by atoms with E-state index in [1.165, 1.54) is 5.56 Å². The molecule has 3 heterocycles. The number of aromatic amines is 1. The molecule has 1 aliphatic heterocycles. The molecule has 0 aliphatic carbocycles. The molecule has 0 unspecified atom stereocenters. The zero-order chi connectivity index (χ0) is 23.5. The van der Waals surface area contributed by atoms with E-state index in [0.29, 0.717) is 42.7 Å². The highest BCUT2D eigenvalue weighted by Crippen LogP contribution is 2.27. The first kappa shape index (κ1) is 22.4. The van der Waals surface area contributed by atoms with Crippen molar-refractivity contribution in [3.8, 4) is 5.75 Å². The number of ether oxygens (including phenoxy) is 1. The van der Waals surface area contributed by atoms with Crippen molar-refractivity contribution < 1.29 is 14.1 Å². The molecule has 1 N–H and O–H groups in total. The minimum Gasteiger partial charge on any atom is -0.484 e. The van der Waals surface area contributed by atoms with Gasteiger partial charge in [0.1, 0.15) is 11.6 Å². The van der Waals surface area contributed by atoms with Crippen molar-refractivity contribution in [3.63, 3.8) is 0 Å². The van der Waals surface area contributed by atoms with Gasteiger partial charge in [0.2, 0.25) is 5.91 Å². The second-order valence-corrected chi connectivity index (χ2v) is 9.08. The molecule has 176 valence electrons. The lowest BCUT2D eigenvalue weighted by molar-refractivity contribution is -0.132. The number of hydrogen-bond acceptors (Lipinski definition) is 6. The minimum atomic E-state index is 0.136. The van der Waals surface area contributed by atoms with E-state index in [9.17, 15) is 4.79 Å². The lowest BCUT2D eigenvalue weighted by atomic mass is 9.96. The number of amides is 1. The molecular formula is C25H26ClN5O3. The van der Waals surface area contributed by atoms with Gasteiger partial charge in [-0.2, -0.15) is 4.98 Å². The molecule has 2 aromatic heterocycles. The maximum Gasteiger partial charge on any atom is 0.264 e. The lowest BCUT2D eigenvalue weighted by Gasteiger charge is -2.30. The van der Waals surface area contributed by atoms with Gasteiger partial charge in [0.15, 0.2) is 12.4 Å². The number of hydrogen-bond donors (Lipinski definition) is 1. The Bertz CT molecular complexity index is 1280. The van der Waals surface area contributed by atoms with Gasteiger partial charge in [-0.1, -0.05) is 34.5 Å². The van der Waals surface area contributed by atoms with Gasteiger partial charge in [0.25, 0.3) is 5.89 Å².